The van der Waals surface area contributed by atoms with Gasteiger partial charge in [-0.15, -0.1) is 0 Å². The van der Waals surface area contributed by atoms with Gasteiger partial charge in [-0.05, 0) is 33.1 Å². The van der Waals surface area contributed by atoms with Crippen molar-refractivity contribution in [1.82, 2.24) is 0 Å². The van der Waals surface area contributed by atoms with Crippen LogP contribution in [0.5, 0.6) is 0 Å². The molecule has 84 valence electrons. The summed E-state index contributed by atoms with van der Waals surface area (Å²) in [6.45, 7) is 7.16. The largest absolute Gasteiger partial charge is 0.481 e. The first-order valence-electron chi connectivity index (χ1n) is 5.38. The molecule has 0 amide bonds. The van der Waals surface area contributed by atoms with Gasteiger partial charge in [-0.2, -0.15) is 0 Å². The van der Waals surface area contributed by atoms with Crippen LogP contribution in [0.4, 0.5) is 0 Å². The second kappa shape index (κ2) is 6.82. The van der Waals surface area contributed by atoms with Crippen molar-refractivity contribution < 1.29 is 14.6 Å². The van der Waals surface area contributed by atoms with Gasteiger partial charge in [-0.1, -0.05) is 13.3 Å². The molecule has 0 rings (SSSR count). The van der Waals surface area contributed by atoms with Crippen molar-refractivity contribution in [3.63, 3.8) is 0 Å². The van der Waals surface area contributed by atoms with E-state index in [4.69, 9.17) is 9.84 Å². The van der Waals surface area contributed by atoms with Crippen molar-refractivity contribution in [3.05, 3.63) is 0 Å². The smallest absolute Gasteiger partial charge is 0.309 e. The topological polar surface area (TPSA) is 46.5 Å². The van der Waals surface area contributed by atoms with Crippen LogP contribution in [0.3, 0.4) is 0 Å². The molecule has 0 heterocycles. The van der Waals surface area contributed by atoms with Crippen molar-refractivity contribution in [2.45, 2.75) is 46.5 Å². The molecule has 3 heteroatoms. The lowest BCUT2D eigenvalue weighted by molar-refractivity contribution is -0.149. The Kier molecular flexibility index (Phi) is 6.54. The molecular formula is C11H22O3. The summed E-state index contributed by atoms with van der Waals surface area (Å²) < 4.78 is 5.19. The third-order valence-electron chi connectivity index (χ3n) is 2.54. The molecule has 0 aromatic heterocycles. The van der Waals surface area contributed by atoms with Crippen LogP contribution in [0.2, 0.25) is 0 Å². The van der Waals surface area contributed by atoms with Gasteiger partial charge in [0.15, 0.2) is 0 Å². The van der Waals surface area contributed by atoms with E-state index in [1.807, 2.05) is 20.8 Å². The van der Waals surface area contributed by atoms with Crippen LogP contribution in [0, 0.1) is 5.41 Å². The Morgan fingerprint density at radius 2 is 2.00 bits per heavy atom. The summed E-state index contributed by atoms with van der Waals surface area (Å²) in [4.78, 5) is 11.0. The van der Waals surface area contributed by atoms with Crippen LogP contribution in [0.15, 0.2) is 0 Å². The molecule has 1 N–H and O–H groups in total. The molecule has 3 nitrogen and oxygen atoms in total. The molecule has 0 aromatic rings. The molecule has 0 saturated carbocycles. The lowest BCUT2D eigenvalue weighted by atomic mass is 9.81. The van der Waals surface area contributed by atoms with E-state index in [2.05, 4.69) is 0 Å². The fourth-order valence-corrected chi connectivity index (χ4v) is 1.60. The number of carbonyl (C=O) groups is 1. The average Bonchev–Trinajstić information content (AvgIpc) is 2.13. The Morgan fingerprint density at radius 1 is 1.36 bits per heavy atom. The molecule has 0 aliphatic rings. The van der Waals surface area contributed by atoms with Crippen LogP contribution >= 0.6 is 0 Å². The number of hydrogen-bond acceptors (Lipinski definition) is 2. The van der Waals surface area contributed by atoms with Crippen LogP contribution in [-0.4, -0.2) is 24.3 Å². The van der Waals surface area contributed by atoms with E-state index in [9.17, 15) is 4.79 Å². The highest BCUT2D eigenvalue weighted by Gasteiger charge is 2.31. The second-order valence-corrected chi connectivity index (χ2v) is 3.92. The summed E-state index contributed by atoms with van der Waals surface area (Å²) in [5.74, 6) is -0.684. The number of ether oxygens (including phenoxy) is 1. The maximum atomic E-state index is 11.0. The Bertz CT molecular complexity index is 168. The summed E-state index contributed by atoms with van der Waals surface area (Å²) in [5.41, 5.74) is -0.564. The summed E-state index contributed by atoms with van der Waals surface area (Å²) in [7, 11) is 0. The zero-order valence-corrected chi connectivity index (χ0v) is 9.51. The van der Waals surface area contributed by atoms with Crippen LogP contribution in [0.1, 0.15) is 46.5 Å². The minimum atomic E-state index is -0.684. The Labute approximate surface area is 86.5 Å². The number of aliphatic carboxylic acids is 1. The molecule has 0 radical (unpaired) electrons. The van der Waals surface area contributed by atoms with Gasteiger partial charge in [0, 0.05) is 13.2 Å². The molecule has 0 saturated heterocycles. The molecule has 0 aliphatic carbocycles. The highest BCUT2D eigenvalue weighted by molar-refractivity contribution is 5.73. The molecule has 0 spiro atoms. The molecule has 14 heavy (non-hydrogen) atoms. The molecule has 1 unspecified atom stereocenters. The predicted octanol–water partition coefficient (Wildman–Crippen LogP) is 2.69. The van der Waals surface area contributed by atoms with Gasteiger partial charge in [0.1, 0.15) is 0 Å². The van der Waals surface area contributed by atoms with E-state index in [1.54, 1.807) is 0 Å². The van der Waals surface area contributed by atoms with E-state index in [-0.39, 0.29) is 0 Å². The van der Waals surface area contributed by atoms with Gasteiger partial charge in [-0.3, -0.25) is 4.79 Å². The lowest BCUT2D eigenvalue weighted by Crippen LogP contribution is -2.27. The van der Waals surface area contributed by atoms with E-state index in [0.717, 1.165) is 19.3 Å². The highest BCUT2D eigenvalue weighted by Crippen LogP contribution is 2.29. The van der Waals surface area contributed by atoms with Crippen molar-refractivity contribution in [2.75, 3.05) is 13.2 Å². The van der Waals surface area contributed by atoms with Gasteiger partial charge >= 0.3 is 5.97 Å². The standard InChI is InChI=1S/C11H22O3/c1-4-7-11(3,10(12)13)8-6-9-14-5-2/h4-9H2,1-3H3,(H,12,13). The third-order valence-corrected chi connectivity index (χ3v) is 2.54. The van der Waals surface area contributed by atoms with E-state index < -0.39 is 11.4 Å². The highest BCUT2D eigenvalue weighted by atomic mass is 16.5. The van der Waals surface area contributed by atoms with E-state index in [1.165, 1.54) is 0 Å². The van der Waals surface area contributed by atoms with E-state index in [0.29, 0.717) is 19.6 Å². The van der Waals surface area contributed by atoms with Crippen molar-refractivity contribution in [2.24, 2.45) is 5.41 Å². The maximum absolute atomic E-state index is 11.0. The fraction of sp³-hybridized carbons (Fsp3) is 0.909. The normalized spacial score (nSPS) is 15.1. The fourth-order valence-electron chi connectivity index (χ4n) is 1.60. The number of carboxylic acids is 1. The number of hydrogen-bond donors (Lipinski definition) is 1. The van der Waals surface area contributed by atoms with Gasteiger partial charge in [0.25, 0.3) is 0 Å². The Hall–Kier alpha value is -0.570. The van der Waals surface area contributed by atoms with Crippen molar-refractivity contribution in [3.8, 4) is 0 Å². The quantitative estimate of drug-likeness (QED) is 0.615. The van der Waals surface area contributed by atoms with Gasteiger partial charge in [0.2, 0.25) is 0 Å². The van der Waals surface area contributed by atoms with Gasteiger partial charge < -0.3 is 9.84 Å². The Balaban J connectivity index is 3.90. The minimum Gasteiger partial charge on any atom is -0.481 e. The summed E-state index contributed by atoms with van der Waals surface area (Å²) >= 11 is 0. The zero-order valence-electron chi connectivity index (χ0n) is 9.51. The minimum absolute atomic E-state index is 0.564. The average molecular weight is 202 g/mol. The molecular weight excluding hydrogens is 180 g/mol. The van der Waals surface area contributed by atoms with Crippen LogP contribution in [0.25, 0.3) is 0 Å². The molecule has 0 bridgehead atoms. The third kappa shape index (κ3) is 4.61. The van der Waals surface area contributed by atoms with Crippen LogP contribution in [-0.2, 0) is 9.53 Å². The van der Waals surface area contributed by atoms with Gasteiger partial charge in [-0.25, -0.2) is 0 Å². The second-order valence-electron chi connectivity index (χ2n) is 3.92. The first-order chi connectivity index (χ1) is 6.56. The molecule has 1 atom stereocenters. The zero-order chi connectivity index (χ0) is 11.0. The SMILES string of the molecule is CCCC(C)(CCCOCC)C(=O)O. The molecule has 0 aromatic carbocycles. The summed E-state index contributed by atoms with van der Waals surface area (Å²) in [5, 5.41) is 9.08. The molecule has 0 aliphatic heterocycles. The van der Waals surface area contributed by atoms with Crippen LogP contribution < -0.4 is 0 Å². The van der Waals surface area contributed by atoms with Crippen molar-refractivity contribution in [1.29, 1.82) is 0 Å². The number of rotatable bonds is 8. The van der Waals surface area contributed by atoms with E-state index >= 15 is 0 Å². The summed E-state index contributed by atoms with van der Waals surface area (Å²) in [6.07, 6.45) is 3.19. The first kappa shape index (κ1) is 13.4. The van der Waals surface area contributed by atoms with Gasteiger partial charge in [0.05, 0.1) is 5.41 Å². The summed E-state index contributed by atoms with van der Waals surface area (Å²) in [6, 6.07) is 0. The monoisotopic (exact) mass is 202 g/mol. The molecule has 0 fully saturated rings. The van der Waals surface area contributed by atoms with Crippen molar-refractivity contribution >= 4 is 5.97 Å². The number of carboxylic acid groups (broad SMARTS) is 1. The Morgan fingerprint density at radius 3 is 2.43 bits per heavy atom. The first-order valence-corrected chi connectivity index (χ1v) is 5.38. The maximum Gasteiger partial charge on any atom is 0.309 e. The predicted molar refractivity (Wildman–Crippen MR) is 56.4 cm³/mol. The lowest BCUT2D eigenvalue weighted by Gasteiger charge is -2.23.